The summed E-state index contributed by atoms with van der Waals surface area (Å²) in [6, 6.07) is 0. The van der Waals surface area contributed by atoms with Crippen LogP contribution in [0.25, 0.3) is 0 Å². The Morgan fingerprint density at radius 1 is 1.78 bits per heavy atom. The van der Waals surface area contributed by atoms with Gasteiger partial charge in [-0.15, -0.1) is 0 Å². The molecule has 4 heteroatoms. The van der Waals surface area contributed by atoms with Crippen molar-refractivity contribution in [2.24, 2.45) is 0 Å². The van der Waals surface area contributed by atoms with Gasteiger partial charge in [0.2, 0.25) is 0 Å². The van der Waals surface area contributed by atoms with Crippen LogP contribution in [0.15, 0.2) is 0 Å². The van der Waals surface area contributed by atoms with E-state index in [4.69, 9.17) is 17.0 Å². The van der Waals surface area contributed by atoms with E-state index in [9.17, 15) is 0 Å². The second-order valence-electron chi connectivity index (χ2n) is 1.59. The Morgan fingerprint density at radius 3 is 2.89 bits per heavy atom. The van der Waals surface area contributed by atoms with Crippen molar-refractivity contribution in [1.29, 1.82) is 0 Å². The molecule has 1 N–H and O–H groups in total. The number of hydrogen-bond donors (Lipinski definition) is 1. The molecule has 0 spiro atoms. The van der Waals surface area contributed by atoms with E-state index in [1.807, 2.05) is 0 Å². The first-order valence-corrected chi connectivity index (χ1v) is 4.27. The van der Waals surface area contributed by atoms with Crippen LogP contribution in [0.4, 0.5) is 0 Å². The molecule has 0 aromatic carbocycles. The molecule has 9 heavy (non-hydrogen) atoms. The van der Waals surface area contributed by atoms with Crippen LogP contribution in [0.3, 0.4) is 0 Å². The summed E-state index contributed by atoms with van der Waals surface area (Å²) in [7, 11) is 0. The zero-order chi connectivity index (χ0) is 7.11. The number of unbranched alkanes of at least 4 members (excludes halogenated alkanes) is 1. The number of hydrogen-bond acceptors (Lipinski definition) is 2. The molecule has 0 heterocycles. The van der Waals surface area contributed by atoms with Gasteiger partial charge in [0, 0.05) is 0 Å². The molecule has 0 atom stereocenters. The Labute approximate surface area is 72.5 Å². The molecule has 0 aromatic heterocycles. The Morgan fingerprint density at radius 2 is 2.44 bits per heavy atom. The van der Waals surface area contributed by atoms with E-state index in [0.29, 0.717) is 5.17 Å². The number of rotatable bonds is 3. The average molecular weight is 228 g/mol. The molecule has 0 saturated heterocycles. The fraction of sp³-hybridized carbons (Fsp3) is 0.800. The van der Waals surface area contributed by atoms with Crippen molar-refractivity contribution >= 4 is 17.4 Å². The summed E-state index contributed by atoms with van der Waals surface area (Å²) in [4.78, 5) is 0. The molecule has 2 nitrogen and oxygen atoms in total. The summed E-state index contributed by atoms with van der Waals surface area (Å²) in [5.41, 5.74) is 0. The molecular weight excluding hydrogens is 218 g/mol. The van der Waals surface area contributed by atoms with Crippen LogP contribution in [0.1, 0.15) is 19.8 Å². The van der Waals surface area contributed by atoms with Gasteiger partial charge in [0.15, 0.2) is 0 Å². The minimum atomic E-state index is 0.494. The van der Waals surface area contributed by atoms with Crippen LogP contribution < -0.4 is 3.88 Å². The maximum absolute atomic E-state index is 5.05. The molecular formula is C5H10MoNOS. The molecule has 0 aliphatic carbocycles. The molecule has 0 fully saturated rings. The zero-order valence-corrected chi connectivity index (χ0v) is 8.17. The van der Waals surface area contributed by atoms with E-state index in [-0.39, 0.29) is 0 Å². The first-order valence-electron chi connectivity index (χ1n) is 2.86. The molecule has 0 rings (SSSR count). The van der Waals surface area contributed by atoms with Crippen molar-refractivity contribution in [1.82, 2.24) is 3.88 Å². The summed E-state index contributed by atoms with van der Waals surface area (Å²) in [6.07, 6.45) is 2.22. The summed E-state index contributed by atoms with van der Waals surface area (Å²) in [5, 5.41) is 0.494. The van der Waals surface area contributed by atoms with Gasteiger partial charge in [0.25, 0.3) is 0 Å². The second-order valence-corrected chi connectivity index (χ2v) is 2.46. The van der Waals surface area contributed by atoms with Crippen LogP contribution in [0, 0.1) is 0 Å². The van der Waals surface area contributed by atoms with Crippen LogP contribution in [0.5, 0.6) is 0 Å². The van der Waals surface area contributed by atoms with Gasteiger partial charge in [0.1, 0.15) is 0 Å². The van der Waals surface area contributed by atoms with Crippen LogP contribution in [-0.4, -0.2) is 11.8 Å². The number of ether oxygens (including phenoxy) is 1. The molecule has 0 aromatic rings. The van der Waals surface area contributed by atoms with Crippen molar-refractivity contribution in [2.75, 3.05) is 6.61 Å². The summed E-state index contributed by atoms with van der Waals surface area (Å²) in [5.74, 6) is 0. The Bertz CT molecular complexity index is 89.0. The minimum absolute atomic E-state index is 0.494. The van der Waals surface area contributed by atoms with Gasteiger partial charge in [-0.3, -0.25) is 0 Å². The molecule has 0 unspecified atom stereocenters. The van der Waals surface area contributed by atoms with E-state index >= 15 is 0 Å². The Kier molecular flexibility index (Phi) is 6.77. The van der Waals surface area contributed by atoms with Crippen LogP contribution in [0.2, 0.25) is 0 Å². The van der Waals surface area contributed by atoms with Gasteiger partial charge < -0.3 is 0 Å². The van der Waals surface area contributed by atoms with Gasteiger partial charge in [-0.1, -0.05) is 0 Å². The van der Waals surface area contributed by atoms with Gasteiger partial charge in [-0.05, 0) is 0 Å². The molecule has 0 saturated carbocycles. The van der Waals surface area contributed by atoms with Crippen LogP contribution in [-0.2, 0) is 24.8 Å². The molecule has 53 valence electrons. The van der Waals surface area contributed by atoms with Crippen LogP contribution >= 0.6 is 12.2 Å². The average Bonchev–Trinajstić information content (AvgIpc) is 1.89. The molecule has 0 aliphatic rings. The molecule has 0 amide bonds. The topological polar surface area (TPSA) is 21.3 Å². The van der Waals surface area contributed by atoms with Gasteiger partial charge >= 0.3 is 72.4 Å². The first-order chi connectivity index (χ1) is 4.31. The van der Waals surface area contributed by atoms with Crippen molar-refractivity contribution in [2.45, 2.75) is 19.8 Å². The predicted molar refractivity (Wildman–Crippen MR) is 36.6 cm³/mol. The third-order valence-electron chi connectivity index (χ3n) is 0.814. The zero-order valence-electron chi connectivity index (χ0n) is 5.35. The fourth-order valence-corrected chi connectivity index (χ4v) is 0.567. The number of thiocarbonyl (C=S) groups is 1. The first kappa shape index (κ1) is 9.38. The third-order valence-corrected chi connectivity index (χ3v) is 1.83. The van der Waals surface area contributed by atoms with E-state index in [1.165, 1.54) is 0 Å². The third kappa shape index (κ3) is 6.26. The van der Waals surface area contributed by atoms with E-state index < -0.39 is 0 Å². The standard InChI is InChI=1S/C5H11NOS.Mo/c1-2-3-4-7-5(6)8;/h2-4H2,1H3,(H2,6,8);/q;+1/p-1. The Hall–Kier alpha value is 0.378. The predicted octanol–water partition coefficient (Wildman–Crippen LogP) is 1.14. The fourth-order valence-electron chi connectivity index (χ4n) is 0.339. The van der Waals surface area contributed by atoms with Gasteiger partial charge in [-0.25, -0.2) is 0 Å². The molecule has 0 bridgehead atoms. The molecule has 0 radical (unpaired) electrons. The van der Waals surface area contributed by atoms with E-state index in [1.54, 1.807) is 20.1 Å². The molecule has 0 aliphatic heterocycles. The van der Waals surface area contributed by atoms with E-state index in [0.717, 1.165) is 19.4 Å². The van der Waals surface area contributed by atoms with Crippen molar-refractivity contribution in [3.8, 4) is 0 Å². The number of nitrogens with one attached hydrogen (secondary N) is 1. The Balaban J connectivity index is 2.97. The van der Waals surface area contributed by atoms with Crippen molar-refractivity contribution < 1.29 is 24.8 Å². The van der Waals surface area contributed by atoms with Crippen molar-refractivity contribution in [3.05, 3.63) is 0 Å². The van der Waals surface area contributed by atoms with Gasteiger partial charge in [0.05, 0.1) is 0 Å². The van der Waals surface area contributed by atoms with Gasteiger partial charge in [-0.2, -0.15) is 0 Å². The van der Waals surface area contributed by atoms with Crippen molar-refractivity contribution in [3.63, 3.8) is 0 Å². The monoisotopic (exact) mass is 230 g/mol. The SMILES string of the molecule is CCCCOC(=S)[NH][Mo]. The summed E-state index contributed by atoms with van der Waals surface area (Å²) < 4.78 is 7.80. The summed E-state index contributed by atoms with van der Waals surface area (Å²) >= 11 is 6.43. The quantitative estimate of drug-likeness (QED) is 0.444. The summed E-state index contributed by atoms with van der Waals surface area (Å²) in [6.45, 7) is 2.85. The maximum atomic E-state index is 5.05. The van der Waals surface area contributed by atoms with E-state index in [2.05, 4.69) is 10.8 Å². The second kappa shape index (κ2) is 6.50. The normalized spacial score (nSPS) is 8.56.